The van der Waals surface area contributed by atoms with Crippen LogP contribution in [-0.4, -0.2) is 28.3 Å². The molecule has 72 valence electrons. The second-order valence-corrected chi connectivity index (χ2v) is 3.45. The molecule has 0 aliphatic heterocycles. The van der Waals surface area contributed by atoms with Crippen molar-refractivity contribution in [1.29, 1.82) is 0 Å². The van der Waals surface area contributed by atoms with Crippen molar-refractivity contribution in [3.63, 3.8) is 0 Å². The Morgan fingerprint density at radius 3 is 2.62 bits per heavy atom. The molecule has 0 aliphatic carbocycles. The molecule has 0 aliphatic rings. The molecular weight excluding hydrogens is 168 g/mol. The number of rotatable bonds is 3. The van der Waals surface area contributed by atoms with Gasteiger partial charge in [-0.05, 0) is 13.8 Å². The van der Waals surface area contributed by atoms with Crippen LogP contribution in [0.3, 0.4) is 0 Å². The molecule has 0 unspecified atom stereocenters. The normalized spacial score (nSPS) is 11.7. The average molecular weight is 182 g/mol. The molecule has 1 aromatic heterocycles. The molecule has 0 bridgehead atoms. The monoisotopic (exact) mass is 182 g/mol. The molecule has 1 aromatic rings. The maximum atomic E-state index is 11.7. The number of ether oxygens (including phenoxy) is 1. The van der Waals surface area contributed by atoms with Gasteiger partial charge in [0.15, 0.2) is 5.78 Å². The maximum absolute atomic E-state index is 11.7. The van der Waals surface area contributed by atoms with Crippen molar-refractivity contribution in [1.82, 2.24) is 9.78 Å². The zero-order valence-electron chi connectivity index (χ0n) is 8.37. The number of carbonyl (C=O) groups is 1. The molecular formula is C9H14N2O2. The van der Waals surface area contributed by atoms with E-state index in [2.05, 4.69) is 5.10 Å². The van der Waals surface area contributed by atoms with Crippen molar-refractivity contribution >= 4 is 5.78 Å². The van der Waals surface area contributed by atoms with Crippen LogP contribution in [0.4, 0.5) is 0 Å². The minimum Gasteiger partial charge on any atom is -0.371 e. The van der Waals surface area contributed by atoms with Crippen LogP contribution in [-0.2, 0) is 11.8 Å². The number of aromatic nitrogens is 2. The average Bonchev–Trinajstić information content (AvgIpc) is 2.50. The lowest BCUT2D eigenvalue weighted by atomic mass is 9.99. The molecule has 0 spiro atoms. The first-order valence-corrected chi connectivity index (χ1v) is 4.06. The second-order valence-electron chi connectivity index (χ2n) is 3.45. The van der Waals surface area contributed by atoms with Crippen LogP contribution in [0.2, 0.25) is 0 Å². The van der Waals surface area contributed by atoms with Crippen molar-refractivity contribution in [2.24, 2.45) is 7.05 Å². The summed E-state index contributed by atoms with van der Waals surface area (Å²) >= 11 is 0. The summed E-state index contributed by atoms with van der Waals surface area (Å²) in [6, 6.07) is 0. The second kappa shape index (κ2) is 3.30. The first-order valence-electron chi connectivity index (χ1n) is 4.06. The minimum atomic E-state index is -0.775. The molecule has 4 heteroatoms. The van der Waals surface area contributed by atoms with Gasteiger partial charge in [-0.2, -0.15) is 5.10 Å². The van der Waals surface area contributed by atoms with Gasteiger partial charge >= 0.3 is 0 Å². The van der Waals surface area contributed by atoms with E-state index in [0.29, 0.717) is 5.56 Å². The van der Waals surface area contributed by atoms with Gasteiger partial charge in [0.05, 0.1) is 11.8 Å². The number of carbonyl (C=O) groups excluding carboxylic acids is 1. The van der Waals surface area contributed by atoms with E-state index in [1.165, 1.54) is 7.11 Å². The molecule has 0 N–H and O–H groups in total. The highest BCUT2D eigenvalue weighted by Crippen LogP contribution is 2.15. The standard InChI is InChI=1S/C9H14N2O2/c1-9(2,13-4)8(12)7-5-10-11(3)6-7/h5-6H,1-4H3. The first-order chi connectivity index (χ1) is 5.97. The van der Waals surface area contributed by atoms with Crippen LogP contribution < -0.4 is 0 Å². The van der Waals surface area contributed by atoms with Crippen molar-refractivity contribution < 1.29 is 9.53 Å². The van der Waals surface area contributed by atoms with E-state index >= 15 is 0 Å². The molecule has 1 rings (SSSR count). The molecule has 0 amide bonds. The van der Waals surface area contributed by atoms with E-state index in [0.717, 1.165) is 0 Å². The van der Waals surface area contributed by atoms with Crippen molar-refractivity contribution in [3.05, 3.63) is 18.0 Å². The fraction of sp³-hybridized carbons (Fsp3) is 0.556. The summed E-state index contributed by atoms with van der Waals surface area (Å²) in [6.07, 6.45) is 3.23. The number of Topliss-reactive ketones (excluding diaryl/α,β-unsaturated/α-hetero) is 1. The Morgan fingerprint density at radius 2 is 2.23 bits per heavy atom. The highest BCUT2D eigenvalue weighted by Gasteiger charge is 2.28. The molecule has 0 saturated heterocycles. The number of hydrogen-bond donors (Lipinski definition) is 0. The Bertz CT molecular complexity index is 315. The Morgan fingerprint density at radius 1 is 1.62 bits per heavy atom. The number of aryl methyl sites for hydroxylation is 1. The van der Waals surface area contributed by atoms with E-state index in [1.54, 1.807) is 38.0 Å². The number of nitrogens with zero attached hydrogens (tertiary/aromatic N) is 2. The lowest BCUT2D eigenvalue weighted by molar-refractivity contribution is 0.0228. The Hall–Kier alpha value is -1.16. The van der Waals surface area contributed by atoms with Gasteiger partial charge in [-0.15, -0.1) is 0 Å². The molecule has 4 nitrogen and oxygen atoms in total. The van der Waals surface area contributed by atoms with Crippen molar-refractivity contribution in [2.75, 3.05) is 7.11 Å². The molecule has 1 heterocycles. The fourth-order valence-electron chi connectivity index (χ4n) is 0.979. The number of ketones is 1. The zero-order valence-corrected chi connectivity index (χ0v) is 8.37. The lowest BCUT2D eigenvalue weighted by Crippen LogP contribution is -2.33. The summed E-state index contributed by atoms with van der Waals surface area (Å²) < 4.78 is 6.67. The van der Waals surface area contributed by atoms with Gasteiger partial charge < -0.3 is 4.74 Å². The summed E-state index contributed by atoms with van der Waals surface area (Å²) in [5.41, 5.74) is -0.197. The summed E-state index contributed by atoms with van der Waals surface area (Å²) in [5, 5.41) is 3.93. The van der Waals surface area contributed by atoms with E-state index < -0.39 is 5.60 Å². The van der Waals surface area contributed by atoms with Crippen LogP contribution in [0, 0.1) is 0 Å². The first kappa shape index (κ1) is 9.92. The van der Waals surface area contributed by atoms with Crippen LogP contribution in [0.25, 0.3) is 0 Å². The molecule has 0 fully saturated rings. The third-order valence-corrected chi connectivity index (χ3v) is 2.02. The summed E-state index contributed by atoms with van der Waals surface area (Å²) in [4.78, 5) is 11.7. The Labute approximate surface area is 77.5 Å². The van der Waals surface area contributed by atoms with Crippen molar-refractivity contribution in [2.45, 2.75) is 19.4 Å². The quantitative estimate of drug-likeness (QED) is 0.656. The van der Waals surface area contributed by atoms with Crippen LogP contribution in [0.5, 0.6) is 0 Å². The third kappa shape index (κ3) is 1.95. The predicted octanol–water partition coefficient (Wildman–Crippen LogP) is 1.03. The van der Waals surface area contributed by atoms with E-state index in [4.69, 9.17) is 4.74 Å². The fourth-order valence-corrected chi connectivity index (χ4v) is 0.979. The highest BCUT2D eigenvalue weighted by molar-refractivity contribution is 6.01. The van der Waals surface area contributed by atoms with Gasteiger partial charge in [0.1, 0.15) is 5.60 Å². The predicted molar refractivity (Wildman–Crippen MR) is 48.6 cm³/mol. The molecule has 0 aromatic carbocycles. The Kier molecular flexibility index (Phi) is 2.52. The Balaban J connectivity index is 2.91. The topological polar surface area (TPSA) is 44.1 Å². The van der Waals surface area contributed by atoms with Gasteiger partial charge in [0.25, 0.3) is 0 Å². The summed E-state index contributed by atoms with van der Waals surface area (Å²) in [7, 11) is 3.30. The van der Waals surface area contributed by atoms with E-state index in [9.17, 15) is 4.79 Å². The highest BCUT2D eigenvalue weighted by atomic mass is 16.5. The smallest absolute Gasteiger partial charge is 0.197 e. The van der Waals surface area contributed by atoms with Gasteiger partial charge in [0, 0.05) is 20.4 Å². The molecule has 0 atom stereocenters. The largest absolute Gasteiger partial charge is 0.371 e. The number of methoxy groups -OCH3 is 1. The van der Waals surface area contributed by atoms with Crippen LogP contribution in [0.15, 0.2) is 12.4 Å². The van der Waals surface area contributed by atoms with Crippen LogP contribution >= 0.6 is 0 Å². The van der Waals surface area contributed by atoms with Crippen LogP contribution in [0.1, 0.15) is 24.2 Å². The van der Waals surface area contributed by atoms with E-state index in [1.807, 2.05) is 0 Å². The van der Waals surface area contributed by atoms with Crippen molar-refractivity contribution in [3.8, 4) is 0 Å². The molecule has 13 heavy (non-hydrogen) atoms. The number of hydrogen-bond acceptors (Lipinski definition) is 3. The van der Waals surface area contributed by atoms with E-state index in [-0.39, 0.29) is 5.78 Å². The van der Waals surface area contributed by atoms with Gasteiger partial charge in [-0.25, -0.2) is 0 Å². The summed E-state index contributed by atoms with van der Waals surface area (Å²) in [6.45, 7) is 3.48. The summed E-state index contributed by atoms with van der Waals surface area (Å²) in [5.74, 6) is -0.0527. The SMILES string of the molecule is COC(C)(C)C(=O)c1cnn(C)c1. The molecule has 0 saturated carbocycles. The minimum absolute atomic E-state index is 0.0527. The maximum Gasteiger partial charge on any atom is 0.197 e. The van der Waals surface area contributed by atoms with Gasteiger partial charge in [0.2, 0.25) is 0 Å². The lowest BCUT2D eigenvalue weighted by Gasteiger charge is -2.19. The molecule has 0 radical (unpaired) electrons. The van der Waals surface area contributed by atoms with Gasteiger partial charge in [-0.3, -0.25) is 9.48 Å². The third-order valence-electron chi connectivity index (χ3n) is 2.02. The zero-order chi connectivity index (χ0) is 10.1. The van der Waals surface area contributed by atoms with Gasteiger partial charge in [-0.1, -0.05) is 0 Å².